The van der Waals surface area contributed by atoms with E-state index in [0.717, 1.165) is 31.6 Å². The number of hydrogen-bond acceptors (Lipinski definition) is 4. The molecule has 0 radical (unpaired) electrons. The van der Waals surface area contributed by atoms with Crippen LogP contribution in [0.5, 0.6) is 0 Å². The van der Waals surface area contributed by atoms with E-state index in [-0.39, 0.29) is 18.1 Å². The van der Waals surface area contributed by atoms with Crippen LogP contribution < -0.4 is 5.32 Å². The van der Waals surface area contributed by atoms with Gasteiger partial charge in [0.25, 0.3) is 0 Å². The maximum absolute atomic E-state index is 12.4. The van der Waals surface area contributed by atoms with Crippen LogP contribution >= 0.6 is 0 Å². The number of aromatic nitrogens is 2. The average Bonchev–Trinajstić information content (AvgIpc) is 2.96. The molecular weight excluding hydrogens is 285 g/mol. The first kappa shape index (κ1) is 14.1. The quantitative estimate of drug-likeness (QED) is 0.866. The van der Waals surface area contributed by atoms with Crippen molar-refractivity contribution in [2.45, 2.75) is 44.1 Å². The van der Waals surface area contributed by atoms with Gasteiger partial charge < -0.3 is 10.2 Å². The van der Waals surface area contributed by atoms with Gasteiger partial charge in [-0.1, -0.05) is 0 Å². The van der Waals surface area contributed by atoms with Gasteiger partial charge in [0.05, 0.1) is 18.4 Å². The highest BCUT2D eigenvalue weighted by atomic mass is 19.4. The number of fused-ring (bicyclic) bond motifs is 2. The molecule has 2 fully saturated rings. The Morgan fingerprint density at radius 3 is 2.62 bits per heavy atom. The standard InChI is InChI=1S/C13H15F3N4O/c1-7-8-2-9(10(3-8)20(7)6-21)19-12-5-17-11(4-18-12)13(14,15)16/h4-10H,2-3H2,1H3,(H,18,19). The van der Waals surface area contributed by atoms with Crippen molar-refractivity contribution in [3.05, 3.63) is 18.1 Å². The molecule has 5 nitrogen and oxygen atoms in total. The zero-order chi connectivity index (χ0) is 15.2. The Morgan fingerprint density at radius 2 is 2.10 bits per heavy atom. The number of nitrogens with zero attached hydrogens (tertiary/aromatic N) is 3. The summed E-state index contributed by atoms with van der Waals surface area (Å²) in [5.41, 5.74) is -1.01. The van der Waals surface area contributed by atoms with Gasteiger partial charge in [-0.2, -0.15) is 13.2 Å². The van der Waals surface area contributed by atoms with Crippen molar-refractivity contribution < 1.29 is 18.0 Å². The fourth-order valence-corrected chi connectivity index (χ4v) is 3.39. The molecule has 1 amide bonds. The number of rotatable bonds is 3. The molecule has 2 bridgehead atoms. The molecule has 1 saturated carbocycles. The third-order valence-corrected chi connectivity index (χ3v) is 4.50. The first-order valence-electron chi connectivity index (χ1n) is 6.78. The van der Waals surface area contributed by atoms with Crippen LogP contribution in [0.1, 0.15) is 25.5 Å². The normalized spacial score (nSPS) is 31.5. The van der Waals surface area contributed by atoms with Crippen molar-refractivity contribution in [2.75, 3.05) is 5.32 Å². The second-order valence-electron chi connectivity index (χ2n) is 5.63. The van der Waals surface area contributed by atoms with Gasteiger partial charge in [0.1, 0.15) is 5.82 Å². The number of likely N-dealkylation sites (tertiary alicyclic amines) is 1. The molecule has 8 heteroatoms. The lowest BCUT2D eigenvalue weighted by molar-refractivity contribution is -0.141. The smallest absolute Gasteiger partial charge is 0.364 e. The van der Waals surface area contributed by atoms with Crippen LogP contribution in [0.4, 0.5) is 19.0 Å². The maximum Gasteiger partial charge on any atom is 0.434 e. The second-order valence-corrected chi connectivity index (χ2v) is 5.63. The predicted octanol–water partition coefficient (Wildman–Crippen LogP) is 1.91. The number of carbonyl (C=O) groups is 1. The molecule has 3 rings (SSSR count). The minimum atomic E-state index is -4.48. The van der Waals surface area contributed by atoms with Gasteiger partial charge in [0.15, 0.2) is 5.69 Å². The molecular formula is C13H15F3N4O. The summed E-state index contributed by atoms with van der Waals surface area (Å²) < 4.78 is 37.3. The fourth-order valence-electron chi connectivity index (χ4n) is 3.39. The highest BCUT2D eigenvalue weighted by Crippen LogP contribution is 2.42. The zero-order valence-corrected chi connectivity index (χ0v) is 11.3. The Hall–Kier alpha value is -1.86. The summed E-state index contributed by atoms with van der Waals surface area (Å²) in [7, 11) is 0. The summed E-state index contributed by atoms with van der Waals surface area (Å²) in [5.74, 6) is 0.735. The van der Waals surface area contributed by atoms with Crippen LogP contribution in [0.3, 0.4) is 0 Å². The van der Waals surface area contributed by atoms with Crippen molar-refractivity contribution in [1.29, 1.82) is 0 Å². The van der Waals surface area contributed by atoms with Crippen LogP contribution in [-0.2, 0) is 11.0 Å². The van der Waals surface area contributed by atoms with Crippen molar-refractivity contribution in [1.82, 2.24) is 14.9 Å². The minimum absolute atomic E-state index is 0.0161. The Kier molecular flexibility index (Phi) is 3.26. The zero-order valence-electron chi connectivity index (χ0n) is 11.3. The van der Waals surface area contributed by atoms with Crippen LogP contribution in [0, 0.1) is 5.92 Å². The summed E-state index contributed by atoms with van der Waals surface area (Å²) in [5, 5.41) is 3.09. The van der Waals surface area contributed by atoms with Gasteiger partial charge in [0, 0.05) is 12.1 Å². The topological polar surface area (TPSA) is 58.1 Å². The van der Waals surface area contributed by atoms with E-state index >= 15 is 0 Å². The van der Waals surface area contributed by atoms with Gasteiger partial charge in [-0.25, -0.2) is 9.97 Å². The number of piperidine rings is 1. The maximum atomic E-state index is 12.4. The van der Waals surface area contributed by atoms with E-state index in [1.165, 1.54) is 0 Å². The highest BCUT2D eigenvalue weighted by molar-refractivity contribution is 5.51. The molecule has 1 aliphatic carbocycles. The lowest BCUT2D eigenvalue weighted by Gasteiger charge is -2.35. The van der Waals surface area contributed by atoms with Gasteiger partial charge in [0.2, 0.25) is 6.41 Å². The lowest BCUT2D eigenvalue weighted by atomic mass is 9.98. The van der Waals surface area contributed by atoms with Crippen LogP contribution in [0.15, 0.2) is 12.4 Å². The molecule has 2 aliphatic rings. The first-order valence-corrected chi connectivity index (χ1v) is 6.78. The van der Waals surface area contributed by atoms with Crippen molar-refractivity contribution in [2.24, 2.45) is 5.92 Å². The van der Waals surface area contributed by atoms with Crippen LogP contribution in [0.2, 0.25) is 0 Å². The number of amides is 1. The van der Waals surface area contributed by atoms with E-state index in [2.05, 4.69) is 15.3 Å². The van der Waals surface area contributed by atoms with Crippen LogP contribution in [-0.4, -0.2) is 39.4 Å². The third kappa shape index (κ3) is 2.43. The van der Waals surface area contributed by atoms with E-state index in [9.17, 15) is 18.0 Å². The predicted molar refractivity (Wildman–Crippen MR) is 68.3 cm³/mol. The van der Waals surface area contributed by atoms with Gasteiger partial charge in [-0.15, -0.1) is 0 Å². The van der Waals surface area contributed by atoms with Gasteiger partial charge >= 0.3 is 6.18 Å². The molecule has 1 N–H and O–H groups in total. The summed E-state index contributed by atoms with van der Waals surface area (Å²) >= 11 is 0. The monoisotopic (exact) mass is 300 g/mol. The van der Waals surface area contributed by atoms with Gasteiger partial charge in [-0.05, 0) is 25.7 Å². The average molecular weight is 300 g/mol. The fraction of sp³-hybridized carbons (Fsp3) is 0.615. The summed E-state index contributed by atoms with van der Waals surface area (Å²) in [4.78, 5) is 20.0. The SMILES string of the molecule is CC1C2CC(Nc3cnc(C(F)(F)F)cn3)C(C2)N1C=O. The summed E-state index contributed by atoms with van der Waals surface area (Å²) in [6.45, 7) is 2.02. The molecule has 0 spiro atoms. The van der Waals surface area contributed by atoms with E-state index in [4.69, 9.17) is 0 Å². The number of alkyl halides is 3. The molecule has 2 heterocycles. The number of hydrogen-bond donors (Lipinski definition) is 1. The number of anilines is 1. The van der Waals surface area contributed by atoms with Crippen molar-refractivity contribution in [3.63, 3.8) is 0 Å². The molecule has 114 valence electrons. The number of nitrogens with one attached hydrogen (secondary N) is 1. The number of carbonyl (C=O) groups excluding carboxylic acids is 1. The molecule has 1 aromatic rings. The first-order chi connectivity index (χ1) is 9.90. The van der Waals surface area contributed by atoms with E-state index in [1.807, 2.05) is 6.92 Å². The Morgan fingerprint density at radius 1 is 1.33 bits per heavy atom. The van der Waals surface area contributed by atoms with Gasteiger partial charge in [-0.3, -0.25) is 4.79 Å². The minimum Gasteiger partial charge on any atom is -0.364 e. The molecule has 1 aliphatic heterocycles. The highest BCUT2D eigenvalue weighted by Gasteiger charge is 2.49. The van der Waals surface area contributed by atoms with E-state index in [1.54, 1.807) is 4.90 Å². The lowest BCUT2D eigenvalue weighted by Crippen LogP contribution is -2.48. The second kappa shape index (κ2) is 4.85. The Bertz CT molecular complexity index is 533. The Labute approximate surface area is 119 Å². The molecule has 1 aromatic heterocycles. The van der Waals surface area contributed by atoms with E-state index < -0.39 is 11.9 Å². The largest absolute Gasteiger partial charge is 0.434 e. The molecule has 1 saturated heterocycles. The molecule has 4 atom stereocenters. The molecule has 4 unspecified atom stereocenters. The van der Waals surface area contributed by atoms with E-state index in [0.29, 0.717) is 11.7 Å². The third-order valence-electron chi connectivity index (χ3n) is 4.50. The van der Waals surface area contributed by atoms with Crippen LogP contribution in [0.25, 0.3) is 0 Å². The Balaban J connectivity index is 1.69. The summed E-state index contributed by atoms with van der Waals surface area (Å²) in [6.07, 6.45) is -0.0209. The molecule has 21 heavy (non-hydrogen) atoms. The number of halogens is 3. The van der Waals surface area contributed by atoms with Crippen molar-refractivity contribution in [3.8, 4) is 0 Å². The van der Waals surface area contributed by atoms with Crippen molar-refractivity contribution >= 4 is 12.2 Å². The molecule has 0 aromatic carbocycles. The summed E-state index contributed by atoms with van der Waals surface area (Å²) in [6, 6.07) is 0.318.